The van der Waals surface area contributed by atoms with Gasteiger partial charge in [-0.15, -0.1) is 0 Å². The quantitative estimate of drug-likeness (QED) is 0.236. The van der Waals surface area contributed by atoms with Crippen LogP contribution in [0.15, 0.2) is 41.5 Å². The van der Waals surface area contributed by atoms with Gasteiger partial charge in [0.1, 0.15) is 18.0 Å². The lowest BCUT2D eigenvalue weighted by atomic mass is 10.0. The first kappa shape index (κ1) is 27.7. The molecule has 1 fully saturated rings. The number of para-hydroxylation sites is 1. The SMILES string of the molecule is CC(C)OC(=O)[C@@H](C)N[P@](=O)(OC[C@H]1O[C@@H](n2cnc3c(=O)[nH]c(N)nc32)C[C@@H]1CF)Oc1ccccc1. The molecule has 4 rings (SSSR count). The van der Waals surface area contributed by atoms with E-state index in [9.17, 15) is 18.5 Å². The molecule has 1 aliphatic rings. The highest BCUT2D eigenvalue weighted by molar-refractivity contribution is 7.52. The van der Waals surface area contributed by atoms with Gasteiger partial charge in [-0.25, -0.2) is 9.55 Å². The van der Waals surface area contributed by atoms with E-state index >= 15 is 0 Å². The molecule has 3 aromatic rings. The number of alkyl halides is 1. The molecule has 1 aliphatic heterocycles. The number of rotatable bonds is 11. The zero-order chi connectivity index (χ0) is 27.4. The Morgan fingerprint density at radius 2 is 2.08 bits per heavy atom. The monoisotopic (exact) mass is 552 g/mol. The van der Waals surface area contributed by atoms with E-state index in [1.54, 1.807) is 44.2 Å². The fourth-order valence-corrected chi connectivity index (χ4v) is 5.46. The normalized spacial score (nSPS) is 21.9. The molecule has 13 nitrogen and oxygen atoms in total. The van der Waals surface area contributed by atoms with Gasteiger partial charge in [-0.05, 0) is 32.9 Å². The van der Waals surface area contributed by atoms with Crippen LogP contribution in [0.4, 0.5) is 10.3 Å². The van der Waals surface area contributed by atoms with Gasteiger partial charge in [0.25, 0.3) is 5.56 Å². The molecule has 1 saturated heterocycles. The van der Waals surface area contributed by atoms with E-state index in [0.29, 0.717) is 0 Å². The summed E-state index contributed by atoms with van der Waals surface area (Å²) in [4.78, 5) is 35.0. The van der Waals surface area contributed by atoms with Crippen molar-refractivity contribution in [1.82, 2.24) is 24.6 Å². The number of imidazole rings is 1. The highest BCUT2D eigenvalue weighted by atomic mass is 31.2. The zero-order valence-corrected chi connectivity index (χ0v) is 22.0. The smallest absolute Gasteiger partial charge is 0.459 e. The third-order valence-electron chi connectivity index (χ3n) is 5.76. The van der Waals surface area contributed by atoms with E-state index in [1.807, 2.05) is 0 Å². The molecule has 38 heavy (non-hydrogen) atoms. The van der Waals surface area contributed by atoms with Crippen LogP contribution in [-0.2, 0) is 23.4 Å². The summed E-state index contributed by atoms with van der Waals surface area (Å²) in [6.45, 7) is 3.77. The van der Waals surface area contributed by atoms with E-state index < -0.39 is 50.2 Å². The molecule has 15 heteroatoms. The molecule has 0 amide bonds. The lowest BCUT2D eigenvalue weighted by Crippen LogP contribution is -2.37. The molecule has 0 aliphatic carbocycles. The predicted octanol–water partition coefficient (Wildman–Crippen LogP) is 2.71. The Balaban J connectivity index is 1.51. The summed E-state index contributed by atoms with van der Waals surface area (Å²) in [5.41, 5.74) is 5.40. The summed E-state index contributed by atoms with van der Waals surface area (Å²) < 4.78 is 51.7. The number of nitrogens with one attached hydrogen (secondary N) is 2. The zero-order valence-electron chi connectivity index (χ0n) is 21.1. The van der Waals surface area contributed by atoms with Crippen LogP contribution in [0.5, 0.6) is 5.75 Å². The van der Waals surface area contributed by atoms with Crippen molar-refractivity contribution in [2.75, 3.05) is 19.0 Å². The first-order chi connectivity index (χ1) is 18.1. The lowest BCUT2D eigenvalue weighted by Gasteiger charge is -2.25. The van der Waals surface area contributed by atoms with Crippen molar-refractivity contribution in [1.29, 1.82) is 0 Å². The Morgan fingerprint density at radius 1 is 1.34 bits per heavy atom. The minimum Gasteiger partial charge on any atom is -0.462 e. The number of nitrogen functional groups attached to an aromatic ring is 1. The number of H-pyrrole nitrogens is 1. The number of nitrogens with zero attached hydrogens (tertiary/aromatic N) is 3. The molecule has 4 N–H and O–H groups in total. The average molecular weight is 553 g/mol. The van der Waals surface area contributed by atoms with Gasteiger partial charge in [0.05, 0.1) is 31.8 Å². The number of anilines is 1. The van der Waals surface area contributed by atoms with Crippen molar-refractivity contribution in [3.8, 4) is 5.75 Å². The fraction of sp³-hybridized carbons (Fsp3) is 0.478. The van der Waals surface area contributed by atoms with Gasteiger partial charge in [0.15, 0.2) is 11.2 Å². The van der Waals surface area contributed by atoms with E-state index in [0.717, 1.165) is 0 Å². The highest BCUT2D eigenvalue weighted by Crippen LogP contribution is 2.46. The number of carbonyl (C=O) groups excluding carboxylic acids is 1. The van der Waals surface area contributed by atoms with Crippen molar-refractivity contribution >= 4 is 30.8 Å². The van der Waals surface area contributed by atoms with Crippen molar-refractivity contribution in [2.24, 2.45) is 5.92 Å². The van der Waals surface area contributed by atoms with Gasteiger partial charge in [-0.3, -0.25) is 28.1 Å². The maximum atomic E-state index is 14.0. The first-order valence-electron chi connectivity index (χ1n) is 12.0. The average Bonchev–Trinajstić information content (AvgIpc) is 3.47. The van der Waals surface area contributed by atoms with Crippen LogP contribution in [0.25, 0.3) is 11.2 Å². The van der Waals surface area contributed by atoms with Gasteiger partial charge in [0, 0.05) is 12.3 Å². The molecule has 2 aromatic heterocycles. The summed E-state index contributed by atoms with van der Waals surface area (Å²) in [7, 11) is -4.16. The summed E-state index contributed by atoms with van der Waals surface area (Å²) in [5, 5.41) is 2.59. The molecular weight excluding hydrogens is 522 g/mol. The third-order valence-corrected chi connectivity index (χ3v) is 7.40. The number of aromatic amines is 1. The number of aromatic nitrogens is 4. The molecule has 0 spiro atoms. The van der Waals surface area contributed by atoms with Crippen LogP contribution in [0.3, 0.4) is 0 Å². The maximum Gasteiger partial charge on any atom is 0.459 e. The van der Waals surface area contributed by atoms with Crippen LogP contribution < -0.4 is 20.9 Å². The topological polar surface area (TPSA) is 173 Å². The van der Waals surface area contributed by atoms with Crippen LogP contribution >= 0.6 is 7.75 Å². The number of hydrogen-bond donors (Lipinski definition) is 3. The van der Waals surface area contributed by atoms with E-state index in [1.165, 1.54) is 17.8 Å². The lowest BCUT2D eigenvalue weighted by molar-refractivity contribution is -0.149. The number of hydrogen-bond acceptors (Lipinski definition) is 10. The number of fused-ring (bicyclic) bond motifs is 1. The van der Waals surface area contributed by atoms with E-state index in [2.05, 4.69) is 20.0 Å². The molecule has 1 aromatic carbocycles. The molecule has 3 heterocycles. The van der Waals surface area contributed by atoms with Crippen molar-refractivity contribution in [3.05, 3.63) is 47.0 Å². The Morgan fingerprint density at radius 3 is 2.76 bits per heavy atom. The third kappa shape index (κ3) is 6.38. The first-order valence-corrected chi connectivity index (χ1v) is 13.5. The number of esters is 1. The number of carbonyl (C=O) groups is 1. The van der Waals surface area contributed by atoms with Gasteiger partial charge >= 0.3 is 13.7 Å². The Hall–Kier alpha value is -3.32. The van der Waals surface area contributed by atoms with Gasteiger partial charge in [-0.2, -0.15) is 10.1 Å². The molecule has 0 bridgehead atoms. The van der Waals surface area contributed by atoms with Crippen molar-refractivity contribution in [3.63, 3.8) is 0 Å². The fourth-order valence-electron chi connectivity index (χ4n) is 3.96. The van der Waals surface area contributed by atoms with Crippen molar-refractivity contribution in [2.45, 2.75) is 51.7 Å². The van der Waals surface area contributed by atoms with Gasteiger partial charge in [0.2, 0.25) is 5.95 Å². The number of nitrogens with two attached hydrogens (primary N) is 1. The maximum absolute atomic E-state index is 14.0. The standard InChI is InChI=1S/C23H30FN6O7P/c1-13(2)35-22(32)14(3)29-38(33,37-16-7-5-4-6-8-16)34-11-17-15(10-24)9-18(36-17)30-12-26-19-20(30)27-23(25)28-21(19)31/h4-8,12-15,17-18H,9-11H2,1-3H3,(H,29,33)(H3,25,27,28,31)/t14-,15-,17-,18-,38+/m1/s1. The summed E-state index contributed by atoms with van der Waals surface area (Å²) in [6.07, 6.45) is -0.378. The second-order valence-electron chi connectivity index (χ2n) is 9.09. The molecule has 206 valence electrons. The van der Waals surface area contributed by atoms with Crippen molar-refractivity contribution < 1.29 is 32.3 Å². The van der Waals surface area contributed by atoms with Crippen LogP contribution in [0.2, 0.25) is 0 Å². The minimum atomic E-state index is -4.16. The van der Waals surface area contributed by atoms with E-state index in [-0.39, 0.29) is 42.0 Å². The number of ether oxygens (including phenoxy) is 2. The van der Waals surface area contributed by atoms with Crippen LogP contribution in [0.1, 0.15) is 33.4 Å². The van der Waals surface area contributed by atoms with Gasteiger partial charge < -0.3 is 19.7 Å². The number of halogens is 1. The van der Waals surface area contributed by atoms with Crippen LogP contribution in [-0.4, -0.2) is 57.0 Å². The Kier molecular flexibility index (Phi) is 8.46. The largest absolute Gasteiger partial charge is 0.462 e. The molecular formula is C23H30FN6O7P. The predicted molar refractivity (Wildman–Crippen MR) is 135 cm³/mol. The molecule has 0 saturated carbocycles. The summed E-state index contributed by atoms with van der Waals surface area (Å²) >= 11 is 0. The van der Waals surface area contributed by atoms with Crippen LogP contribution in [0, 0.1) is 5.92 Å². The summed E-state index contributed by atoms with van der Waals surface area (Å²) in [6, 6.07) is 7.23. The van der Waals surface area contributed by atoms with Gasteiger partial charge in [-0.1, -0.05) is 18.2 Å². The second-order valence-corrected chi connectivity index (χ2v) is 10.8. The summed E-state index contributed by atoms with van der Waals surface area (Å²) in [5.74, 6) is -1.14. The molecule has 0 unspecified atom stereocenters. The molecule has 0 radical (unpaired) electrons. The Labute approximate surface area is 217 Å². The Bertz CT molecular complexity index is 1370. The molecule has 5 atom stereocenters. The number of benzene rings is 1. The second kappa shape index (κ2) is 11.6. The minimum absolute atomic E-state index is 0.0616. The highest BCUT2D eigenvalue weighted by Gasteiger charge is 2.40. The van der Waals surface area contributed by atoms with E-state index in [4.69, 9.17) is 24.3 Å².